The molecule has 4 rings (SSSR count). The monoisotopic (exact) mass is 352 g/mol. The third-order valence-corrected chi connectivity index (χ3v) is 5.01. The van der Waals surface area contributed by atoms with Gasteiger partial charge in [-0.05, 0) is 38.3 Å². The molecule has 1 N–H and O–H groups in total. The fourth-order valence-corrected chi connectivity index (χ4v) is 3.74. The fourth-order valence-electron chi connectivity index (χ4n) is 3.74. The Morgan fingerprint density at radius 1 is 1.27 bits per heavy atom. The Kier molecular flexibility index (Phi) is 4.49. The van der Waals surface area contributed by atoms with E-state index in [0.717, 1.165) is 36.3 Å². The van der Waals surface area contributed by atoms with Gasteiger partial charge in [-0.3, -0.25) is 4.79 Å². The zero-order valence-electron chi connectivity index (χ0n) is 15.3. The van der Waals surface area contributed by atoms with Crippen LogP contribution in [-0.4, -0.2) is 26.4 Å². The van der Waals surface area contributed by atoms with Gasteiger partial charge in [0.15, 0.2) is 5.65 Å². The lowest BCUT2D eigenvalue weighted by atomic mass is 10.2. The van der Waals surface area contributed by atoms with Gasteiger partial charge >= 0.3 is 0 Å². The Bertz CT molecular complexity index is 983. The summed E-state index contributed by atoms with van der Waals surface area (Å²) in [5, 5.41) is 5.23. The number of hydrogen-bond acceptors (Lipinski definition) is 4. The van der Waals surface area contributed by atoms with Gasteiger partial charge in [0.25, 0.3) is 5.56 Å². The minimum atomic E-state index is -0.142. The molecule has 136 valence electrons. The molecule has 1 aromatic carbocycles. The highest BCUT2D eigenvalue weighted by atomic mass is 16.5. The van der Waals surface area contributed by atoms with E-state index < -0.39 is 0 Å². The fraction of sp³-hybridized carbons (Fsp3) is 0.450. The molecule has 0 saturated heterocycles. The Labute approximate surface area is 152 Å². The molecule has 1 fully saturated rings. The number of rotatable bonds is 5. The molecule has 0 unspecified atom stereocenters. The third-order valence-electron chi connectivity index (χ3n) is 5.01. The number of H-pyrrole nitrogens is 1. The summed E-state index contributed by atoms with van der Waals surface area (Å²) < 4.78 is 7.81. The number of nitrogens with zero attached hydrogens (tertiary/aromatic N) is 3. The van der Waals surface area contributed by atoms with E-state index in [-0.39, 0.29) is 5.56 Å². The van der Waals surface area contributed by atoms with Crippen molar-refractivity contribution in [2.24, 2.45) is 0 Å². The highest BCUT2D eigenvalue weighted by molar-refractivity contribution is 5.80. The highest BCUT2D eigenvalue weighted by Crippen LogP contribution is 2.33. The molecular weight excluding hydrogens is 328 g/mol. The molecule has 0 spiro atoms. The molecule has 0 amide bonds. The van der Waals surface area contributed by atoms with Gasteiger partial charge in [-0.15, -0.1) is 0 Å². The van der Waals surface area contributed by atoms with Gasteiger partial charge in [-0.1, -0.05) is 31.9 Å². The topological polar surface area (TPSA) is 72.8 Å². The number of aromatic nitrogens is 4. The molecule has 0 radical (unpaired) electrons. The Morgan fingerprint density at radius 3 is 2.81 bits per heavy atom. The summed E-state index contributed by atoms with van der Waals surface area (Å²) in [6.45, 7) is 4.57. The first kappa shape index (κ1) is 16.8. The first-order valence-corrected chi connectivity index (χ1v) is 9.40. The van der Waals surface area contributed by atoms with E-state index in [1.54, 1.807) is 0 Å². The number of aromatic amines is 1. The van der Waals surface area contributed by atoms with E-state index in [1.807, 2.05) is 35.9 Å². The van der Waals surface area contributed by atoms with Gasteiger partial charge in [-0.25, -0.2) is 9.67 Å². The summed E-state index contributed by atoms with van der Waals surface area (Å²) in [6, 6.07) is 8.03. The van der Waals surface area contributed by atoms with Gasteiger partial charge in [0.2, 0.25) is 0 Å². The maximum Gasteiger partial charge on any atom is 0.262 e. The van der Waals surface area contributed by atoms with Crippen LogP contribution in [0.3, 0.4) is 0 Å². The Hall–Kier alpha value is -2.63. The van der Waals surface area contributed by atoms with Crippen molar-refractivity contribution < 1.29 is 4.74 Å². The van der Waals surface area contributed by atoms with Crippen LogP contribution in [0.15, 0.2) is 29.1 Å². The summed E-state index contributed by atoms with van der Waals surface area (Å²) in [5.74, 6) is 1.27. The number of para-hydroxylation sites is 1. The molecule has 6 heteroatoms. The van der Waals surface area contributed by atoms with Crippen molar-refractivity contribution in [3.8, 4) is 17.1 Å². The molecule has 26 heavy (non-hydrogen) atoms. The third kappa shape index (κ3) is 2.89. The van der Waals surface area contributed by atoms with E-state index >= 15 is 0 Å². The quantitative estimate of drug-likeness (QED) is 0.753. The van der Waals surface area contributed by atoms with E-state index in [4.69, 9.17) is 9.72 Å². The van der Waals surface area contributed by atoms with Crippen molar-refractivity contribution in [2.45, 2.75) is 52.0 Å². The van der Waals surface area contributed by atoms with Crippen molar-refractivity contribution in [1.82, 2.24) is 19.7 Å². The maximum absolute atomic E-state index is 12.8. The minimum Gasteiger partial charge on any atom is -0.493 e. The van der Waals surface area contributed by atoms with Crippen molar-refractivity contribution in [1.29, 1.82) is 0 Å². The molecule has 0 atom stereocenters. The SMILES string of the molecule is CCCOc1ccccc1-c1nc2c(c(C)nn2C2CCCC2)c(=O)[nH]1. The van der Waals surface area contributed by atoms with Crippen LogP contribution < -0.4 is 10.3 Å². The van der Waals surface area contributed by atoms with Crippen LogP contribution in [0.1, 0.15) is 50.8 Å². The van der Waals surface area contributed by atoms with Crippen LogP contribution in [0.25, 0.3) is 22.4 Å². The van der Waals surface area contributed by atoms with Crippen LogP contribution in [0.4, 0.5) is 0 Å². The van der Waals surface area contributed by atoms with Crippen molar-refractivity contribution >= 4 is 11.0 Å². The van der Waals surface area contributed by atoms with Crippen LogP contribution >= 0.6 is 0 Å². The van der Waals surface area contributed by atoms with Gasteiger partial charge in [0.05, 0.1) is 23.9 Å². The number of hydrogen-bond donors (Lipinski definition) is 1. The summed E-state index contributed by atoms with van der Waals surface area (Å²) in [6.07, 6.45) is 5.51. The van der Waals surface area contributed by atoms with Gasteiger partial charge in [0, 0.05) is 0 Å². The van der Waals surface area contributed by atoms with Crippen molar-refractivity contribution in [3.63, 3.8) is 0 Å². The van der Waals surface area contributed by atoms with Crippen LogP contribution in [0.2, 0.25) is 0 Å². The number of fused-ring (bicyclic) bond motifs is 1. The molecule has 1 saturated carbocycles. The molecule has 3 aromatic rings. The number of aryl methyl sites for hydroxylation is 1. The second kappa shape index (κ2) is 6.94. The molecule has 0 bridgehead atoms. The van der Waals surface area contributed by atoms with Crippen molar-refractivity contribution in [3.05, 3.63) is 40.3 Å². The van der Waals surface area contributed by atoms with E-state index in [2.05, 4.69) is 17.0 Å². The lowest BCUT2D eigenvalue weighted by molar-refractivity contribution is 0.318. The Morgan fingerprint density at radius 2 is 2.04 bits per heavy atom. The van der Waals surface area contributed by atoms with Crippen LogP contribution in [0, 0.1) is 6.92 Å². The minimum absolute atomic E-state index is 0.142. The average Bonchev–Trinajstić information content (AvgIpc) is 3.28. The Balaban J connectivity index is 1.87. The summed E-state index contributed by atoms with van der Waals surface area (Å²) >= 11 is 0. The summed E-state index contributed by atoms with van der Waals surface area (Å²) in [4.78, 5) is 20.5. The van der Waals surface area contributed by atoms with Gasteiger partial charge in [0.1, 0.15) is 17.0 Å². The molecule has 2 heterocycles. The summed E-state index contributed by atoms with van der Waals surface area (Å²) in [5.41, 5.74) is 2.08. The van der Waals surface area contributed by atoms with Crippen LogP contribution in [-0.2, 0) is 0 Å². The lowest BCUT2D eigenvalue weighted by Crippen LogP contribution is -2.13. The van der Waals surface area contributed by atoms with Gasteiger partial charge in [-0.2, -0.15) is 5.10 Å². The zero-order chi connectivity index (χ0) is 18.1. The zero-order valence-corrected chi connectivity index (χ0v) is 15.3. The van der Waals surface area contributed by atoms with E-state index in [0.29, 0.717) is 29.5 Å². The normalized spacial score (nSPS) is 15.0. The summed E-state index contributed by atoms with van der Waals surface area (Å²) in [7, 11) is 0. The number of nitrogens with one attached hydrogen (secondary N) is 1. The highest BCUT2D eigenvalue weighted by Gasteiger charge is 2.23. The second-order valence-electron chi connectivity index (χ2n) is 6.93. The first-order valence-electron chi connectivity index (χ1n) is 9.40. The van der Waals surface area contributed by atoms with E-state index in [9.17, 15) is 4.79 Å². The first-order chi connectivity index (χ1) is 12.7. The molecule has 1 aliphatic rings. The second-order valence-corrected chi connectivity index (χ2v) is 6.93. The molecule has 0 aliphatic heterocycles. The lowest BCUT2D eigenvalue weighted by Gasteiger charge is -2.12. The smallest absolute Gasteiger partial charge is 0.262 e. The van der Waals surface area contributed by atoms with Gasteiger partial charge < -0.3 is 9.72 Å². The number of ether oxygens (including phenoxy) is 1. The number of benzene rings is 1. The predicted molar refractivity (Wildman–Crippen MR) is 102 cm³/mol. The van der Waals surface area contributed by atoms with E-state index in [1.165, 1.54) is 12.8 Å². The molecule has 2 aromatic heterocycles. The van der Waals surface area contributed by atoms with Crippen LogP contribution in [0.5, 0.6) is 5.75 Å². The maximum atomic E-state index is 12.8. The molecular formula is C20H24N4O2. The molecule has 6 nitrogen and oxygen atoms in total. The largest absolute Gasteiger partial charge is 0.493 e. The average molecular weight is 352 g/mol. The van der Waals surface area contributed by atoms with Crippen molar-refractivity contribution in [2.75, 3.05) is 6.61 Å². The predicted octanol–water partition coefficient (Wildman–Crippen LogP) is 4.00. The standard InChI is InChI=1S/C20H24N4O2/c1-3-12-26-16-11-7-6-10-15(16)18-21-19-17(20(25)22-18)13(2)23-24(19)14-8-4-5-9-14/h6-7,10-11,14H,3-5,8-9,12H2,1-2H3,(H,21,22,25). The molecule has 1 aliphatic carbocycles.